The van der Waals surface area contributed by atoms with Gasteiger partial charge in [0.15, 0.2) is 0 Å². The first-order chi connectivity index (χ1) is 13.6. The lowest BCUT2D eigenvalue weighted by Crippen LogP contribution is -2.39. The zero-order valence-electron chi connectivity index (χ0n) is 17.1. The fraction of sp³-hybridized carbons (Fsp3) is 0.476. The van der Waals surface area contributed by atoms with Gasteiger partial charge in [-0.3, -0.25) is 9.59 Å². The van der Waals surface area contributed by atoms with Crippen LogP contribution < -0.4 is 0 Å². The minimum absolute atomic E-state index is 0.146. The Kier molecular flexibility index (Phi) is 5.63. The SMILES string of the molecule is COC(=O)[C@@H]1Cc2c(n(C(=O)OC(C)(C)C)c3ccc(Cl)cc23)C[C@H]1C(=O)OC. The van der Waals surface area contributed by atoms with Gasteiger partial charge in [-0.05, 0) is 51.0 Å². The van der Waals surface area contributed by atoms with E-state index in [-0.39, 0.29) is 12.8 Å². The molecule has 1 heterocycles. The van der Waals surface area contributed by atoms with E-state index in [9.17, 15) is 14.4 Å². The third kappa shape index (κ3) is 3.96. The van der Waals surface area contributed by atoms with E-state index in [1.807, 2.05) is 0 Å². The number of halogens is 1. The number of aromatic nitrogens is 1. The first-order valence-electron chi connectivity index (χ1n) is 9.28. The predicted octanol–water partition coefficient (Wildman–Crippen LogP) is 3.75. The van der Waals surface area contributed by atoms with Gasteiger partial charge in [0.25, 0.3) is 0 Å². The van der Waals surface area contributed by atoms with Gasteiger partial charge in [-0.2, -0.15) is 0 Å². The first kappa shape index (κ1) is 21.2. The normalized spacial score (nSPS) is 18.8. The molecule has 0 N–H and O–H groups in total. The molecule has 0 spiro atoms. The highest BCUT2D eigenvalue weighted by Crippen LogP contribution is 2.39. The maximum Gasteiger partial charge on any atom is 0.419 e. The Morgan fingerprint density at radius 3 is 2.17 bits per heavy atom. The second-order valence-electron chi connectivity index (χ2n) is 8.07. The zero-order chi connectivity index (χ0) is 21.5. The van der Waals surface area contributed by atoms with Crippen molar-refractivity contribution in [3.63, 3.8) is 0 Å². The lowest BCUT2D eigenvalue weighted by Gasteiger charge is -2.29. The monoisotopic (exact) mass is 421 g/mol. The van der Waals surface area contributed by atoms with Gasteiger partial charge >= 0.3 is 18.0 Å². The molecule has 2 atom stereocenters. The summed E-state index contributed by atoms with van der Waals surface area (Å²) in [6.45, 7) is 5.35. The van der Waals surface area contributed by atoms with Crippen LogP contribution in [0.2, 0.25) is 5.02 Å². The molecular weight excluding hydrogens is 398 g/mol. The topological polar surface area (TPSA) is 83.8 Å². The summed E-state index contributed by atoms with van der Waals surface area (Å²) in [4.78, 5) is 37.8. The molecule has 0 bridgehead atoms. The number of hydrogen-bond donors (Lipinski definition) is 0. The van der Waals surface area contributed by atoms with E-state index in [0.717, 1.165) is 10.9 Å². The molecule has 3 rings (SSSR count). The van der Waals surface area contributed by atoms with Crippen LogP contribution in [0.1, 0.15) is 32.0 Å². The van der Waals surface area contributed by atoms with E-state index in [1.54, 1.807) is 39.0 Å². The van der Waals surface area contributed by atoms with E-state index >= 15 is 0 Å². The van der Waals surface area contributed by atoms with Gasteiger partial charge in [0.1, 0.15) is 5.60 Å². The van der Waals surface area contributed by atoms with Crippen molar-refractivity contribution in [1.82, 2.24) is 4.57 Å². The van der Waals surface area contributed by atoms with Crippen molar-refractivity contribution in [3.05, 3.63) is 34.5 Å². The highest BCUT2D eigenvalue weighted by molar-refractivity contribution is 6.31. The number of rotatable bonds is 2. The average Bonchev–Trinajstić information content (AvgIpc) is 2.97. The summed E-state index contributed by atoms with van der Waals surface area (Å²) in [6, 6.07) is 5.18. The Balaban J connectivity index is 2.22. The lowest BCUT2D eigenvalue weighted by atomic mass is 9.77. The third-order valence-electron chi connectivity index (χ3n) is 5.05. The molecular formula is C21H24ClNO6. The first-order valence-corrected chi connectivity index (χ1v) is 9.66. The Morgan fingerprint density at radius 2 is 1.62 bits per heavy atom. The Hall–Kier alpha value is -2.54. The zero-order valence-corrected chi connectivity index (χ0v) is 17.8. The number of carbonyl (C=O) groups is 3. The van der Waals surface area contributed by atoms with Crippen LogP contribution in [0.4, 0.5) is 4.79 Å². The van der Waals surface area contributed by atoms with Crippen molar-refractivity contribution < 1.29 is 28.6 Å². The van der Waals surface area contributed by atoms with Gasteiger partial charge in [-0.25, -0.2) is 9.36 Å². The largest absolute Gasteiger partial charge is 0.469 e. The van der Waals surface area contributed by atoms with E-state index in [2.05, 4.69) is 0 Å². The molecule has 0 saturated heterocycles. The molecule has 2 aromatic rings. The summed E-state index contributed by atoms with van der Waals surface area (Å²) in [5.41, 5.74) is 1.32. The lowest BCUT2D eigenvalue weighted by molar-refractivity contribution is -0.158. The van der Waals surface area contributed by atoms with Gasteiger partial charge in [-0.15, -0.1) is 0 Å². The Labute approximate surface area is 173 Å². The maximum absolute atomic E-state index is 13.0. The molecule has 0 radical (unpaired) electrons. The fourth-order valence-corrected chi connectivity index (χ4v) is 4.02. The summed E-state index contributed by atoms with van der Waals surface area (Å²) in [7, 11) is 2.56. The number of fused-ring (bicyclic) bond motifs is 3. The summed E-state index contributed by atoms with van der Waals surface area (Å²) >= 11 is 6.19. The molecule has 0 unspecified atom stereocenters. The fourth-order valence-electron chi connectivity index (χ4n) is 3.85. The van der Waals surface area contributed by atoms with E-state index in [0.29, 0.717) is 16.2 Å². The Morgan fingerprint density at radius 1 is 1.03 bits per heavy atom. The van der Waals surface area contributed by atoms with Crippen LogP contribution >= 0.6 is 11.6 Å². The number of esters is 2. The number of nitrogens with zero attached hydrogens (tertiary/aromatic N) is 1. The summed E-state index contributed by atoms with van der Waals surface area (Å²) in [5, 5.41) is 1.25. The smallest absolute Gasteiger partial charge is 0.419 e. The average molecular weight is 422 g/mol. The van der Waals surface area contributed by atoms with E-state index in [1.165, 1.54) is 18.8 Å². The highest BCUT2D eigenvalue weighted by atomic mass is 35.5. The number of benzene rings is 1. The van der Waals surface area contributed by atoms with Crippen LogP contribution in [0, 0.1) is 11.8 Å². The van der Waals surface area contributed by atoms with Crippen LogP contribution in [0.5, 0.6) is 0 Å². The number of carbonyl (C=O) groups excluding carboxylic acids is 3. The molecule has 8 heteroatoms. The number of methoxy groups -OCH3 is 2. The van der Waals surface area contributed by atoms with Gasteiger partial charge in [0.05, 0.1) is 31.6 Å². The predicted molar refractivity (Wildman–Crippen MR) is 107 cm³/mol. The standard InChI is InChI=1S/C21H24ClNO6/c1-21(2,3)29-20(26)23-16-7-6-11(22)8-12(16)13-9-14(18(24)27-4)15(10-17(13)23)19(25)28-5/h6-8,14-15H,9-10H2,1-5H3/t14-,15-/m1/s1. The van der Waals surface area contributed by atoms with Crippen LogP contribution in [-0.4, -0.2) is 42.4 Å². The molecule has 0 fully saturated rings. The number of hydrogen-bond acceptors (Lipinski definition) is 6. The summed E-state index contributed by atoms with van der Waals surface area (Å²) in [6.07, 6.45) is -0.173. The molecule has 1 aliphatic rings. The van der Waals surface area contributed by atoms with Crippen LogP contribution in [0.3, 0.4) is 0 Å². The molecule has 0 amide bonds. The minimum atomic E-state index is -0.763. The van der Waals surface area contributed by atoms with E-state index < -0.39 is 35.5 Å². The molecule has 1 aliphatic carbocycles. The van der Waals surface area contributed by atoms with Gasteiger partial charge in [0, 0.05) is 22.5 Å². The van der Waals surface area contributed by atoms with Crippen LogP contribution in [0.15, 0.2) is 18.2 Å². The van der Waals surface area contributed by atoms with Crippen LogP contribution in [0.25, 0.3) is 10.9 Å². The molecule has 29 heavy (non-hydrogen) atoms. The molecule has 7 nitrogen and oxygen atoms in total. The van der Waals surface area contributed by atoms with Crippen molar-refractivity contribution in [2.24, 2.45) is 11.8 Å². The second kappa shape index (κ2) is 7.71. The minimum Gasteiger partial charge on any atom is -0.469 e. The summed E-state index contributed by atoms with van der Waals surface area (Å²) < 4.78 is 16.9. The molecule has 0 saturated carbocycles. The molecule has 0 aliphatic heterocycles. The second-order valence-corrected chi connectivity index (χ2v) is 8.51. The van der Waals surface area contributed by atoms with Crippen molar-refractivity contribution >= 4 is 40.5 Å². The Bertz CT molecular complexity index is 987. The van der Waals surface area contributed by atoms with Crippen molar-refractivity contribution in [1.29, 1.82) is 0 Å². The molecule has 156 valence electrons. The summed E-state index contributed by atoms with van der Waals surface area (Å²) in [5.74, 6) is -2.49. The van der Waals surface area contributed by atoms with Gasteiger partial charge in [-0.1, -0.05) is 11.6 Å². The van der Waals surface area contributed by atoms with Crippen molar-refractivity contribution in [2.75, 3.05) is 14.2 Å². The quantitative estimate of drug-likeness (QED) is 0.542. The van der Waals surface area contributed by atoms with Gasteiger partial charge in [0.2, 0.25) is 0 Å². The highest BCUT2D eigenvalue weighted by Gasteiger charge is 2.43. The maximum atomic E-state index is 13.0. The number of ether oxygens (including phenoxy) is 3. The van der Waals surface area contributed by atoms with Crippen molar-refractivity contribution in [2.45, 2.75) is 39.2 Å². The van der Waals surface area contributed by atoms with E-state index in [4.69, 9.17) is 25.8 Å². The molecule has 1 aromatic heterocycles. The van der Waals surface area contributed by atoms with Crippen LogP contribution in [-0.2, 0) is 36.6 Å². The van der Waals surface area contributed by atoms with Crippen molar-refractivity contribution in [3.8, 4) is 0 Å². The molecule has 1 aromatic carbocycles. The third-order valence-corrected chi connectivity index (χ3v) is 5.28. The van der Waals surface area contributed by atoms with Gasteiger partial charge < -0.3 is 14.2 Å².